The molecule has 1 aliphatic rings. The summed E-state index contributed by atoms with van der Waals surface area (Å²) in [4.78, 5) is 4.29. The predicted octanol–water partition coefficient (Wildman–Crippen LogP) is 3.21. The summed E-state index contributed by atoms with van der Waals surface area (Å²) in [7, 11) is 1.79. The van der Waals surface area contributed by atoms with Gasteiger partial charge in [-0.2, -0.15) is 0 Å². The van der Waals surface area contributed by atoms with Crippen LogP contribution < -0.4 is 10.6 Å². The molecule has 0 aliphatic heterocycles. The summed E-state index contributed by atoms with van der Waals surface area (Å²) in [5.41, 5.74) is 0.835. The molecule has 1 aromatic rings. The minimum Gasteiger partial charge on any atom is -0.356 e. The monoisotopic (exact) mass is 291 g/mol. The molecule has 0 unspecified atom stereocenters. The molecule has 21 heavy (non-hydrogen) atoms. The van der Waals surface area contributed by atoms with Crippen LogP contribution in [0.2, 0.25) is 0 Å². The van der Waals surface area contributed by atoms with Crippen LogP contribution in [-0.4, -0.2) is 25.6 Å². The molecule has 0 saturated heterocycles. The molecular weight excluding hydrogens is 265 g/mol. The van der Waals surface area contributed by atoms with Gasteiger partial charge in [-0.3, -0.25) is 4.99 Å². The van der Waals surface area contributed by atoms with Crippen molar-refractivity contribution in [2.24, 2.45) is 4.99 Å². The lowest BCUT2D eigenvalue weighted by atomic mass is 9.84. The normalized spacial score (nSPS) is 17.0. The van der Waals surface area contributed by atoms with Crippen molar-refractivity contribution in [3.05, 3.63) is 35.6 Å². The SMILES string of the molecule is CN=C(NCC(C)(C)c1cccc(F)c1)NC1CCCC1. The van der Waals surface area contributed by atoms with E-state index in [9.17, 15) is 4.39 Å². The van der Waals surface area contributed by atoms with Gasteiger partial charge in [0.1, 0.15) is 5.82 Å². The number of guanidine groups is 1. The van der Waals surface area contributed by atoms with Crippen LogP contribution in [0.4, 0.5) is 4.39 Å². The number of benzene rings is 1. The standard InChI is InChI=1S/C17H26FN3/c1-17(2,13-7-6-8-14(18)11-13)12-20-16(19-3)21-15-9-4-5-10-15/h6-8,11,15H,4-5,9-10,12H2,1-3H3,(H2,19,20,21). The summed E-state index contributed by atoms with van der Waals surface area (Å²) in [6, 6.07) is 7.35. The number of nitrogens with one attached hydrogen (secondary N) is 2. The van der Waals surface area contributed by atoms with E-state index in [4.69, 9.17) is 0 Å². The first-order valence-electron chi connectivity index (χ1n) is 7.74. The van der Waals surface area contributed by atoms with E-state index in [1.807, 2.05) is 6.07 Å². The molecule has 116 valence electrons. The third-order valence-corrected chi connectivity index (χ3v) is 4.22. The average Bonchev–Trinajstić information content (AvgIpc) is 2.96. The maximum Gasteiger partial charge on any atom is 0.191 e. The Bertz CT molecular complexity index is 491. The zero-order valence-corrected chi connectivity index (χ0v) is 13.2. The number of aliphatic imine (C=N–C) groups is 1. The van der Waals surface area contributed by atoms with Crippen LogP contribution in [0.25, 0.3) is 0 Å². The van der Waals surface area contributed by atoms with Gasteiger partial charge in [-0.05, 0) is 30.5 Å². The Morgan fingerprint density at radius 1 is 1.33 bits per heavy atom. The van der Waals surface area contributed by atoms with Crippen LogP contribution in [0.3, 0.4) is 0 Å². The van der Waals surface area contributed by atoms with E-state index in [-0.39, 0.29) is 11.2 Å². The summed E-state index contributed by atoms with van der Waals surface area (Å²) in [6.45, 7) is 4.93. The van der Waals surface area contributed by atoms with Crippen molar-refractivity contribution in [3.8, 4) is 0 Å². The quantitative estimate of drug-likeness (QED) is 0.660. The highest BCUT2D eigenvalue weighted by Crippen LogP contribution is 2.23. The lowest BCUT2D eigenvalue weighted by molar-refractivity contribution is 0.498. The summed E-state index contributed by atoms with van der Waals surface area (Å²) >= 11 is 0. The molecule has 0 atom stereocenters. The molecule has 0 heterocycles. The molecule has 0 spiro atoms. The van der Waals surface area contributed by atoms with Crippen LogP contribution in [0.1, 0.15) is 45.1 Å². The summed E-state index contributed by atoms with van der Waals surface area (Å²) < 4.78 is 13.4. The largest absolute Gasteiger partial charge is 0.356 e. The summed E-state index contributed by atoms with van der Waals surface area (Å²) in [5.74, 6) is 0.653. The topological polar surface area (TPSA) is 36.4 Å². The van der Waals surface area contributed by atoms with Gasteiger partial charge in [0, 0.05) is 25.0 Å². The van der Waals surface area contributed by atoms with Crippen LogP contribution >= 0.6 is 0 Å². The van der Waals surface area contributed by atoms with Crippen LogP contribution in [0.5, 0.6) is 0 Å². The summed E-state index contributed by atoms with van der Waals surface area (Å²) in [6.07, 6.45) is 5.02. The van der Waals surface area contributed by atoms with E-state index in [2.05, 4.69) is 29.5 Å². The Balaban J connectivity index is 1.93. The van der Waals surface area contributed by atoms with Crippen LogP contribution in [0.15, 0.2) is 29.3 Å². The Morgan fingerprint density at radius 2 is 2.05 bits per heavy atom. The molecule has 0 amide bonds. The third kappa shape index (κ3) is 4.45. The van der Waals surface area contributed by atoms with Crippen molar-refractivity contribution < 1.29 is 4.39 Å². The third-order valence-electron chi connectivity index (χ3n) is 4.22. The number of hydrogen-bond acceptors (Lipinski definition) is 1. The molecule has 2 N–H and O–H groups in total. The van der Waals surface area contributed by atoms with Gasteiger partial charge in [0.25, 0.3) is 0 Å². The van der Waals surface area contributed by atoms with E-state index in [1.54, 1.807) is 19.2 Å². The van der Waals surface area contributed by atoms with Crippen molar-refractivity contribution in [1.29, 1.82) is 0 Å². The number of halogens is 1. The van der Waals surface area contributed by atoms with Gasteiger partial charge in [0.2, 0.25) is 0 Å². The Hall–Kier alpha value is -1.58. The van der Waals surface area contributed by atoms with E-state index >= 15 is 0 Å². The first-order valence-corrected chi connectivity index (χ1v) is 7.74. The second kappa shape index (κ2) is 6.92. The molecule has 1 saturated carbocycles. The maximum atomic E-state index is 13.4. The zero-order valence-electron chi connectivity index (χ0n) is 13.2. The van der Waals surface area contributed by atoms with Gasteiger partial charge in [-0.25, -0.2) is 4.39 Å². The Morgan fingerprint density at radius 3 is 2.67 bits per heavy atom. The maximum absolute atomic E-state index is 13.4. The van der Waals surface area contributed by atoms with Crippen molar-refractivity contribution in [3.63, 3.8) is 0 Å². The van der Waals surface area contributed by atoms with E-state index < -0.39 is 0 Å². The molecule has 0 bridgehead atoms. The molecule has 0 radical (unpaired) electrons. The van der Waals surface area contributed by atoms with Gasteiger partial charge >= 0.3 is 0 Å². The molecule has 0 aromatic heterocycles. The second-order valence-electron chi connectivity index (χ2n) is 6.45. The lowest BCUT2D eigenvalue weighted by Crippen LogP contribution is -2.46. The van der Waals surface area contributed by atoms with Crippen molar-refractivity contribution >= 4 is 5.96 Å². The van der Waals surface area contributed by atoms with Crippen LogP contribution in [0, 0.1) is 5.82 Å². The average molecular weight is 291 g/mol. The minimum atomic E-state index is -0.186. The zero-order chi connectivity index (χ0) is 15.3. The molecule has 3 nitrogen and oxygen atoms in total. The smallest absolute Gasteiger partial charge is 0.191 e. The van der Waals surface area contributed by atoms with Gasteiger partial charge in [0.05, 0.1) is 0 Å². The highest BCUT2D eigenvalue weighted by molar-refractivity contribution is 5.80. The molecule has 1 fully saturated rings. The van der Waals surface area contributed by atoms with Crippen LogP contribution in [-0.2, 0) is 5.41 Å². The van der Waals surface area contributed by atoms with Gasteiger partial charge < -0.3 is 10.6 Å². The van der Waals surface area contributed by atoms with Crippen molar-refractivity contribution in [1.82, 2.24) is 10.6 Å². The number of hydrogen-bond donors (Lipinski definition) is 2. The van der Waals surface area contributed by atoms with Gasteiger partial charge in [0.15, 0.2) is 5.96 Å². The summed E-state index contributed by atoms with van der Waals surface area (Å²) in [5, 5.41) is 6.84. The minimum absolute atomic E-state index is 0.157. The first kappa shape index (κ1) is 15.8. The highest BCUT2D eigenvalue weighted by atomic mass is 19.1. The fourth-order valence-corrected chi connectivity index (χ4v) is 2.77. The molecular formula is C17H26FN3. The first-order chi connectivity index (χ1) is 10.0. The molecule has 1 aromatic carbocycles. The van der Waals surface area contributed by atoms with E-state index in [1.165, 1.54) is 31.7 Å². The predicted molar refractivity (Wildman–Crippen MR) is 86.2 cm³/mol. The van der Waals surface area contributed by atoms with E-state index in [0.29, 0.717) is 12.6 Å². The number of nitrogens with zero attached hydrogens (tertiary/aromatic N) is 1. The van der Waals surface area contributed by atoms with Crippen molar-refractivity contribution in [2.45, 2.75) is 51.0 Å². The fraction of sp³-hybridized carbons (Fsp3) is 0.588. The molecule has 4 heteroatoms. The fourth-order valence-electron chi connectivity index (χ4n) is 2.77. The van der Waals surface area contributed by atoms with Gasteiger partial charge in [-0.1, -0.05) is 38.8 Å². The van der Waals surface area contributed by atoms with E-state index in [0.717, 1.165) is 11.5 Å². The Kier molecular flexibility index (Phi) is 5.21. The molecule has 2 rings (SSSR count). The van der Waals surface area contributed by atoms with Gasteiger partial charge in [-0.15, -0.1) is 0 Å². The Labute approximate surface area is 127 Å². The lowest BCUT2D eigenvalue weighted by Gasteiger charge is -2.27. The second-order valence-corrected chi connectivity index (χ2v) is 6.45. The number of rotatable bonds is 4. The van der Waals surface area contributed by atoms with Crippen molar-refractivity contribution in [2.75, 3.05) is 13.6 Å². The molecule has 1 aliphatic carbocycles. The highest BCUT2D eigenvalue weighted by Gasteiger charge is 2.22.